The molecule has 0 aliphatic heterocycles. The maximum absolute atomic E-state index is 14.2. The average Bonchev–Trinajstić information content (AvgIpc) is 2.47. The quantitative estimate of drug-likeness (QED) is 0.855. The van der Waals surface area contributed by atoms with Gasteiger partial charge >= 0.3 is 0 Å². The maximum Gasteiger partial charge on any atom is 0.129 e. The van der Waals surface area contributed by atoms with E-state index in [1.54, 1.807) is 32.2 Å². The summed E-state index contributed by atoms with van der Waals surface area (Å²) < 4.78 is 20.0. The predicted molar refractivity (Wildman–Crippen MR) is 85.2 cm³/mol. The van der Waals surface area contributed by atoms with Gasteiger partial charge in [0.05, 0.1) is 19.3 Å². The summed E-state index contributed by atoms with van der Waals surface area (Å²) in [6.07, 6.45) is 0. The molecule has 5 heteroatoms. The van der Waals surface area contributed by atoms with Crippen LogP contribution in [0, 0.1) is 5.82 Å². The van der Waals surface area contributed by atoms with Gasteiger partial charge in [0.15, 0.2) is 0 Å². The van der Waals surface area contributed by atoms with E-state index in [1.165, 1.54) is 6.07 Å². The standard InChI is InChI=1S/C16H17BrFNO2/c1-16(10-20,14-7-6-11(17)8-15(14)18)19-12-4-3-5-13(9-12)21-2/h3-9,19-20H,10H2,1-2H3. The summed E-state index contributed by atoms with van der Waals surface area (Å²) in [5, 5.41) is 12.9. The summed E-state index contributed by atoms with van der Waals surface area (Å²) in [5.41, 5.74) is 0.209. The van der Waals surface area contributed by atoms with E-state index in [4.69, 9.17) is 4.74 Å². The van der Waals surface area contributed by atoms with Crippen molar-refractivity contribution in [1.29, 1.82) is 0 Å². The molecule has 0 spiro atoms. The number of hydrogen-bond donors (Lipinski definition) is 2. The Morgan fingerprint density at radius 1 is 1.29 bits per heavy atom. The Kier molecular flexibility index (Phi) is 4.85. The molecule has 3 nitrogen and oxygen atoms in total. The first-order valence-corrected chi connectivity index (χ1v) is 7.26. The van der Waals surface area contributed by atoms with E-state index in [2.05, 4.69) is 21.2 Å². The van der Waals surface area contributed by atoms with Crippen molar-refractivity contribution < 1.29 is 14.2 Å². The third-order valence-electron chi connectivity index (χ3n) is 3.33. The molecule has 0 fully saturated rings. The van der Waals surface area contributed by atoms with Gasteiger partial charge in [-0.2, -0.15) is 0 Å². The number of benzene rings is 2. The van der Waals surface area contributed by atoms with Crippen molar-refractivity contribution in [2.45, 2.75) is 12.5 Å². The molecular weight excluding hydrogens is 337 g/mol. The van der Waals surface area contributed by atoms with E-state index in [9.17, 15) is 9.50 Å². The second kappa shape index (κ2) is 6.45. The third kappa shape index (κ3) is 3.54. The summed E-state index contributed by atoms with van der Waals surface area (Å²) in [5.74, 6) is 0.313. The Hall–Kier alpha value is -1.59. The number of rotatable bonds is 5. The summed E-state index contributed by atoms with van der Waals surface area (Å²) in [6, 6.07) is 12.1. The number of aliphatic hydroxyl groups is 1. The maximum atomic E-state index is 14.2. The second-order valence-corrected chi connectivity index (χ2v) is 5.89. The molecule has 2 rings (SSSR count). The van der Waals surface area contributed by atoms with Gasteiger partial charge in [0.1, 0.15) is 11.6 Å². The zero-order chi connectivity index (χ0) is 15.5. The van der Waals surface area contributed by atoms with Crippen LogP contribution < -0.4 is 10.1 Å². The Bertz CT molecular complexity index is 635. The lowest BCUT2D eigenvalue weighted by molar-refractivity contribution is 0.220. The third-order valence-corrected chi connectivity index (χ3v) is 3.83. The molecule has 2 aromatic carbocycles. The molecule has 0 aromatic heterocycles. The fraction of sp³-hybridized carbons (Fsp3) is 0.250. The fourth-order valence-electron chi connectivity index (χ4n) is 2.15. The minimum absolute atomic E-state index is 0.247. The highest BCUT2D eigenvalue weighted by molar-refractivity contribution is 9.10. The van der Waals surface area contributed by atoms with E-state index in [1.807, 2.05) is 18.2 Å². The zero-order valence-electron chi connectivity index (χ0n) is 11.9. The lowest BCUT2D eigenvalue weighted by atomic mass is 9.92. The van der Waals surface area contributed by atoms with Crippen LogP contribution in [0.2, 0.25) is 0 Å². The summed E-state index contributed by atoms with van der Waals surface area (Å²) >= 11 is 3.23. The molecule has 21 heavy (non-hydrogen) atoms. The fourth-order valence-corrected chi connectivity index (χ4v) is 2.48. The summed E-state index contributed by atoms with van der Waals surface area (Å²) in [4.78, 5) is 0. The molecule has 0 amide bonds. The first kappa shape index (κ1) is 15.8. The molecule has 2 N–H and O–H groups in total. The zero-order valence-corrected chi connectivity index (χ0v) is 13.4. The highest BCUT2D eigenvalue weighted by Gasteiger charge is 2.29. The van der Waals surface area contributed by atoms with Crippen LogP contribution in [0.25, 0.3) is 0 Å². The van der Waals surface area contributed by atoms with E-state index < -0.39 is 5.54 Å². The van der Waals surface area contributed by atoms with Crippen LogP contribution in [0.1, 0.15) is 12.5 Å². The second-order valence-electron chi connectivity index (χ2n) is 4.97. The minimum Gasteiger partial charge on any atom is -0.497 e. The number of anilines is 1. The van der Waals surface area contributed by atoms with Gasteiger partial charge in [-0.15, -0.1) is 0 Å². The van der Waals surface area contributed by atoms with Crippen molar-refractivity contribution in [3.05, 3.63) is 58.3 Å². The van der Waals surface area contributed by atoms with Crippen molar-refractivity contribution in [3.63, 3.8) is 0 Å². The Morgan fingerprint density at radius 3 is 2.67 bits per heavy atom. The summed E-state index contributed by atoms with van der Waals surface area (Å²) in [7, 11) is 1.58. The normalized spacial score (nSPS) is 13.6. The van der Waals surface area contributed by atoms with Gasteiger partial charge in [-0.3, -0.25) is 0 Å². The van der Waals surface area contributed by atoms with Gasteiger partial charge in [0.25, 0.3) is 0 Å². The molecule has 0 radical (unpaired) electrons. The largest absolute Gasteiger partial charge is 0.497 e. The molecule has 0 bridgehead atoms. The van der Waals surface area contributed by atoms with Crippen LogP contribution in [0.4, 0.5) is 10.1 Å². The van der Waals surface area contributed by atoms with E-state index >= 15 is 0 Å². The van der Waals surface area contributed by atoms with E-state index in [0.29, 0.717) is 15.8 Å². The molecular formula is C16H17BrFNO2. The van der Waals surface area contributed by atoms with Crippen molar-refractivity contribution in [2.24, 2.45) is 0 Å². The van der Waals surface area contributed by atoms with Crippen molar-refractivity contribution in [1.82, 2.24) is 0 Å². The molecule has 0 saturated carbocycles. The molecule has 1 unspecified atom stereocenters. The highest BCUT2D eigenvalue weighted by Crippen LogP contribution is 2.30. The van der Waals surface area contributed by atoms with Crippen molar-refractivity contribution >= 4 is 21.6 Å². The smallest absolute Gasteiger partial charge is 0.129 e. The Balaban J connectivity index is 2.36. The van der Waals surface area contributed by atoms with Crippen LogP contribution in [-0.2, 0) is 5.54 Å². The first-order valence-electron chi connectivity index (χ1n) is 6.47. The minimum atomic E-state index is -0.933. The topological polar surface area (TPSA) is 41.5 Å². The Morgan fingerprint density at radius 2 is 2.05 bits per heavy atom. The average molecular weight is 354 g/mol. The molecule has 1 atom stereocenters. The highest BCUT2D eigenvalue weighted by atomic mass is 79.9. The molecule has 0 aliphatic carbocycles. The van der Waals surface area contributed by atoms with Crippen LogP contribution in [0.5, 0.6) is 5.75 Å². The monoisotopic (exact) mass is 353 g/mol. The van der Waals surface area contributed by atoms with Gasteiger partial charge in [-0.25, -0.2) is 4.39 Å². The van der Waals surface area contributed by atoms with Gasteiger partial charge in [0, 0.05) is 21.8 Å². The number of ether oxygens (including phenoxy) is 1. The molecule has 112 valence electrons. The SMILES string of the molecule is COc1cccc(NC(C)(CO)c2ccc(Br)cc2F)c1. The van der Waals surface area contributed by atoms with E-state index in [-0.39, 0.29) is 12.4 Å². The number of aliphatic hydroxyl groups excluding tert-OH is 1. The molecule has 0 saturated heterocycles. The van der Waals surface area contributed by atoms with Crippen LogP contribution in [0.15, 0.2) is 46.9 Å². The van der Waals surface area contributed by atoms with E-state index in [0.717, 1.165) is 5.69 Å². The van der Waals surface area contributed by atoms with Crippen LogP contribution >= 0.6 is 15.9 Å². The number of nitrogens with one attached hydrogen (secondary N) is 1. The molecule has 2 aromatic rings. The molecule has 0 heterocycles. The van der Waals surface area contributed by atoms with Crippen molar-refractivity contribution in [2.75, 3.05) is 19.0 Å². The lowest BCUT2D eigenvalue weighted by Gasteiger charge is -2.31. The first-order chi connectivity index (χ1) is 9.98. The van der Waals surface area contributed by atoms with Gasteiger partial charge in [-0.1, -0.05) is 28.1 Å². The van der Waals surface area contributed by atoms with Gasteiger partial charge in [-0.05, 0) is 31.2 Å². The number of halogens is 2. The predicted octanol–water partition coefficient (Wildman–Crippen LogP) is 3.92. The Labute approximate surface area is 131 Å². The van der Waals surface area contributed by atoms with Crippen molar-refractivity contribution in [3.8, 4) is 5.75 Å². The number of methoxy groups -OCH3 is 1. The van der Waals surface area contributed by atoms with Crippen LogP contribution in [0.3, 0.4) is 0 Å². The lowest BCUT2D eigenvalue weighted by Crippen LogP contribution is -2.36. The molecule has 0 aliphatic rings. The van der Waals surface area contributed by atoms with Gasteiger partial charge in [0.2, 0.25) is 0 Å². The van der Waals surface area contributed by atoms with Gasteiger partial charge < -0.3 is 15.2 Å². The summed E-state index contributed by atoms with van der Waals surface area (Å²) in [6.45, 7) is 1.50. The van der Waals surface area contributed by atoms with Crippen LogP contribution in [-0.4, -0.2) is 18.8 Å². The number of hydrogen-bond acceptors (Lipinski definition) is 3.